The van der Waals surface area contributed by atoms with E-state index in [1.165, 1.54) is 0 Å². The number of aliphatic imine (C=N–C) groups is 1. The zero-order chi connectivity index (χ0) is 8.27. The highest BCUT2D eigenvalue weighted by Crippen LogP contribution is 2.01. The molecule has 0 aromatic heterocycles. The largest absolute Gasteiger partial charge is 0.409 e. The lowest BCUT2D eigenvalue weighted by molar-refractivity contribution is 0.319. The lowest BCUT2D eigenvalue weighted by Crippen LogP contribution is -2.23. The minimum Gasteiger partial charge on any atom is -0.409 e. The Bertz CT molecular complexity index is 263. The first-order chi connectivity index (χ1) is 5.24. The SMILES string of the molecule is C=C1C=CC(/C(N)=N/O)=NC1. The van der Waals surface area contributed by atoms with E-state index in [2.05, 4.69) is 16.7 Å². The highest BCUT2D eigenvalue weighted by Gasteiger charge is 2.04. The molecule has 1 heterocycles. The van der Waals surface area contributed by atoms with E-state index in [-0.39, 0.29) is 5.84 Å². The average Bonchev–Trinajstić information content (AvgIpc) is 2.05. The number of dihydropyridines is 1. The fraction of sp³-hybridized carbons (Fsp3) is 0.143. The van der Waals surface area contributed by atoms with E-state index < -0.39 is 0 Å². The van der Waals surface area contributed by atoms with Crippen LogP contribution in [-0.4, -0.2) is 23.3 Å². The zero-order valence-electron chi connectivity index (χ0n) is 5.99. The Labute approximate surface area is 64.4 Å². The van der Waals surface area contributed by atoms with E-state index in [0.29, 0.717) is 12.3 Å². The number of hydrogen-bond donors (Lipinski definition) is 2. The average molecular weight is 151 g/mol. The molecule has 0 aromatic carbocycles. The number of amidine groups is 1. The molecule has 1 rings (SSSR count). The van der Waals surface area contributed by atoms with Crippen molar-refractivity contribution in [2.45, 2.75) is 0 Å². The summed E-state index contributed by atoms with van der Waals surface area (Å²) in [4.78, 5) is 4.00. The van der Waals surface area contributed by atoms with Gasteiger partial charge in [0.05, 0.1) is 6.54 Å². The smallest absolute Gasteiger partial charge is 0.188 e. The summed E-state index contributed by atoms with van der Waals surface area (Å²) < 4.78 is 0. The van der Waals surface area contributed by atoms with Crippen LogP contribution in [0.15, 0.2) is 34.5 Å². The Morgan fingerprint density at radius 2 is 2.45 bits per heavy atom. The third-order valence-corrected chi connectivity index (χ3v) is 1.30. The number of oxime groups is 1. The van der Waals surface area contributed by atoms with Gasteiger partial charge in [-0.1, -0.05) is 17.8 Å². The van der Waals surface area contributed by atoms with Crippen molar-refractivity contribution in [2.24, 2.45) is 15.9 Å². The van der Waals surface area contributed by atoms with Gasteiger partial charge in [0.15, 0.2) is 5.84 Å². The van der Waals surface area contributed by atoms with Gasteiger partial charge in [-0.2, -0.15) is 0 Å². The maximum absolute atomic E-state index is 8.28. The van der Waals surface area contributed by atoms with Gasteiger partial charge in [0.1, 0.15) is 5.71 Å². The Balaban J connectivity index is 2.79. The highest BCUT2D eigenvalue weighted by atomic mass is 16.4. The molecule has 0 bridgehead atoms. The van der Waals surface area contributed by atoms with E-state index in [1.54, 1.807) is 12.2 Å². The van der Waals surface area contributed by atoms with Crippen LogP contribution in [0.2, 0.25) is 0 Å². The summed E-state index contributed by atoms with van der Waals surface area (Å²) in [6, 6.07) is 0. The summed E-state index contributed by atoms with van der Waals surface area (Å²) in [6.45, 7) is 4.21. The summed E-state index contributed by atoms with van der Waals surface area (Å²) in [7, 11) is 0. The van der Waals surface area contributed by atoms with E-state index >= 15 is 0 Å². The van der Waals surface area contributed by atoms with Gasteiger partial charge >= 0.3 is 0 Å². The van der Waals surface area contributed by atoms with E-state index in [9.17, 15) is 0 Å². The molecule has 0 aromatic rings. The van der Waals surface area contributed by atoms with Gasteiger partial charge in [-0.05, 0) is 11.6 Å². The maximum atomic E-state index is 8.28. The van der Waals surface area contributed by atoms with Crippen molar-refractivity contribution >= 4 is 11.5 Å². The molecule has 0 amide bonds. The standard InChI is InChI=1S/C7H9N3O/c1-5-2-3-6(9-4-5)7(8)10-11/h2-3,11H,1,4H2,(H2,8,10). The number of hydrogen-bond acceptors (Lipinski definition) is 3. The van der Waals surface area contributed by atoms with Crippen LogP contribution in [0.3, 0.4) is 0 Å². The molecule has 0 radical (unpaired) electrons. The van der Waals surface area contributed by atoms with Crippen molar-refractivity contribution in [3.8, 4) is 0 Å². The predicted molar refractivity (Wildman–Crippen MR) is 44.0 cm³/mol. The van der Waals surface area contributed by atoms with Crippen LogP contribution < -0.4 is 5.73 Å². The minimum absolute atomic E-state index is 0.0359. The van der Waals surface area contributed by atoms with E-state index in [1.807, 2.05) is 0 Å². The first-order valence-corrected chi connectivity index (χ1v) is 3.12. The Hall–Kier alpha value is -1.58. The van der Waals surface area contributed by atoms with Gasteiger partial charge < -0.3 is 10.9 Å². The molecule has 0 saturated heterocycles. The quantitative estimate of drug-likeness (QED) is 0.245. The Morgan fingerprint density at radius 3 is 2.91 bits per heavy atom. The first-order valence-electron chi connectivity index (χ1n) is 3.12. The summed E-state index contributed by atoms with van der Waals surface area (Å²) in [5, 5.41) is 11.1. The summed E-state index contributed by atoms with van der Waals surface area (Å²) in [5.74, 6) is 0.0359. The van der Waals surface area contributed by atoms with Gasteiger partial charge in [-0.25, -0.2) is 0 Å². The molecule has 0 atom stereocenters. The number of rotatable bonds is 1. The molecule has 0 saturated carbocycles. The second-order valence-electron chi connectivity index (χ2n) is 2.18. The highest BCUT2D eigenvalue weighted by molar-refractivity contribution is 6.45. The van der Waals surface area contributed by atoms with Gasteiger partial charge in [-0.15, -0.1) is 0 Å². The van der Waals surface area contributed by atoms with Gasteiger partial charge in [0.25, 0.3) is 0 Å². The van der Waals surface area contributed by atoms with Crippen LogP contribution in [0.25, 0.3) is 0 Å². The monoisotopic (exact) mass is 151 g/mol. The lowest BCUT2D eigenvalue weighted by Gasteiger charge is -2.04. The van der Waals surface area contributed by atoms with Crippen molar-refractivity contribution in [3.63, 3.8) is 0 Å². The Kier molecular flexibility index (Phi) is 2.06. The normalized spacial score (nSPS) is 18.4. The van der Waals surface area contributed by atoms with Crippen molar-refractivity contribution in [3.05, 3.63) is 24.3 Å². The maximum Gasteiger partial charge on any atom is 0.188 e. The molecule has 1 aliphatic heterocycles. The molecule has 0 aliphatic carbocycles. The number of nitrogens with zero attached hydrogens (tertiary/aromatic N) is 2. The van der Waals surface area contributed by atoms with Gasteiger partial charge in [-0.3, -0.25) is 4.99 Å². The molecular weight excluding hydrogens is 142 g/mol. The Morgan fingerprint density at radius 1 is 1.73 bits per heavy atom. The van der Waals surface area contributed by atoms with Gasteiger partial charge in [0.2, 0.25) is 0 Å². The second-order valence-corrected chi connectivity index (χ2v) is 2.18. The number of nitrogens with two attached hydrogens (primary N) is 1. The van der Waals surface area contributed by atoms with Crippen LogP contribution in [-0.2, 0) is 0 Å². The molecule has 1 aliphatic rings. The van der Waals surface area contributed by atoms with Crippen molar-refractivity contribution in [1.82, 2.24) is 0 Å². The third-order valence-electron chi connectivity index (χ3n) is 1.30. The second kappa shape index (κ2) is 3.01. The van der Waals surface area contributed by atoms with Crippen molar-refractivity contribution < 1.29 is 5.21 Å². The summed E-state index contributed by atoms with van der Waals surface area (Å²) >= 11 is 0. The van der Waals surface area contributed by atoms with Crippen LogP contribution in [0.1, 0.15) is 0 Å². The molecule has 11 heavy (non-hydrogen) atoms. The zero-order valence-corrected chi connectivity index (χ0v) is 5.99. The van der Waals surface area contributed by atoms with Crippen molar-refractivity contribution in [1.29, 1.82) is 0 Å². The molecule has 4 heteroatoms. The summed E-state index contributed by atoms with van der Waals surface area (Å²) in [6.07, 6.45) is 3.46. The first kappa shape index (κ1) is 7.53. The van der Waals surface area contributed by atoms with Crippen molar-refractivity contribution in [2.75, 3.05) is 6.54 Å². The molecule has 4 nitrogen and oxygen atoms in total. The van der Waals surface area contributed by atoms with Gasteiger partial charge in [0, 0.05) is 0 Å². The minimum atomic E-state index is 0.0359. The fourth-order valence-corrected chi connectivity index (χ4v) is 0.707. The molecule has 3 N–H and O–H groups in total. The molecule has 0 unspecified atom stereocenters. The van der Waals surface area contributed by atoms with Crippen LogP contribution in [0.5, 0.6) is 0 Å². The predicted octanol–water partition coefficient (Wildman–Crippen LogP) is 0.300. The molecule has 0 spiro atoms. The van der Waals surface area contributed by atoms with E-state index in [4.69, 9.17) is 10.9 Å². The molecule has 0 fully saturated rings. The molecular formula is C7H9N3O. The van der Waals surface area contributed by atoms with Crippen LogP contribution >= 0.6 is 0 Å². The molecule has 58 valence electrons. The van der Waals surface area contributed by atoms with E-state index in [0.717, 1.165) is 5.57 Å². The fourth-order valence-electron chi connectivity index (χ4n) is 0.707. The summed E-state index contributed by atoms with van der Waals surface area (Å²) in [5.41, 5.74) is 6.70. The third kappa shape index (κ3) is 1.67. The lowest BCUT2D eigenvalue weighted by atomic mass is 10.2. The van der Waals surface area contributed by atoms with Crippen LogP contribution in [0.4, 0.5) is 0 Å². The van der Waals surface area contributed by atoms with Crippen LogP contribution in [0, 0.1) is 0 Å². The topological polar surface area (TPSA) is 71.0 Å².